The van der Waals surface area contributed by atoms with Gasteiger partial charge in [-0.25, -0.2) is 18.4 Å². The molecule has 4 heterocycles. The lowest BCUT2D eigenvalue weighted by molar-refractivity contribution is -0.153. The molecule has 0 radical (unpaired) electrons. The van der Waals surface area contributed by atoms with Gasteiger partial charge < -0.3 is 19.2 Å². The summed E-state index contributed by atoms with van der Waals surface area (Å²) in [5, 5.41) is 2.35. The van der Waals surface area contributed by atoms with Crippen molar-refractivity contribution >= 4 is 33.0 Å². The van der Waals surface area contributed by atoms with Crippen molar-refractivity contribution in [1.29, 1.82) is 0 Å². The number of aromatic nitrogens is 3. The highest BCUT2D eigenvalue weighted by atomic mass is 35.5. The Kier molecular flexibility index (Phi) is 7.88. The number of sulfone groups is 1. The van der Waals surface area contributed by atoms with Gasteiger partial charge in [-0.1, -0.05) is 11.6 Å². The lowest BCUT2D eigenvalue weighted by atomic mass is 9.88. The van der Waals surface area contributed by atoms with Crippen LogP contribution in [-0.2, 0) is 9.84 Å². The molecule has 3 aromatic heterocycles. The summed E-state index contributed by atoms with van der Waals surface area (Å²) in [5.41, 5.74) is -1.42. The fraction of sp³-hybridized carbons (Fsp3) is 0.435. The van der Waals surface area contributed by atoms with E-state index in [0.29, 0.717) is 5.56 Å². The lowest BCUT2D eigenvalue weighted by Crippen LogP contribution is -2.55. The molecule has 0 saturated carbocycles. The van der Waals surface area contributed by atoms with Crippen LogP contribution in [-0.4, -0.2) is 64.7 Å². The number of nitrogens with zero attached hydrogens (tertiary/aromatic N) is 3. The molecule has 9 nitrogen and oxygen atoms in total. The van der Waals surface area contributed by atoms with Gasteiger partial charge in [0.15, 0.2) is 12.4 Å². The van der Waals surface area contributed by atoms with Crippen LogP contribution in [0.4, 0.5) is 26.3 Å². The number of alkyl halides is 6. The number of pyridine rings is 2. The largest absolute Gasteiger partial charge is 0.478 e. The van der Waals surface area contributed by atoms with Crippen molar-refractivity contribution < 1.29 is 49.0 Å². The molecule has 218 valence electrons. The minimum Gasteiger partial charge on any atom is -0.478 e. The highest BCUT2D eigenvalue weighted by Gasteiger charge is 2.47. The lowest BCUT2D eigenvalue weighted by Gasteiger charge is -2.38. The topological polar surface area (TPSA) is 112 Å². The van der Waals surface area contributed by atoms with Crippen molar-refractivity contribution in [2.75, 3.05) is 18.1 Å². The average molecular weight is 615 g/mol. The highest BCUT2D eigenvalue weighted by molar-refractivity contribution is 7.91. The zero-order valence-corrected chi connectivity index (χ0v) is 22.1. The van der Waals surface area contributed by atoms with Crippen molar-refractivity contribution in [3.05, 3.63) is 47.0 Å². The van der Waals surface area contributed by atoms with Gasteiger partial charge in [0.05, 0.1) is 34.7 Å². The summed E-state index contributed by atoms with van der Waals surface area (Å²) in [6, 6.07) is 2.56. The molecule has 0 aromatic carbocycles. The molecule has 0 spiro atoms. The van der Waals surface area contributed by atoms with E-state index in [2.05, 4.69) is 15.3 Å². The Morgan fingerprint density at radius 3 is 2.40 bits per heavy atom. The molecular weight excluding hydrogens is 594 g/mol. The van der Waals surface area contributed by atoms with E-state index in [1.54, 1.807) is 6.92 Å². The average Bonchev–Trinajstić information content (AvgIpc) is 3.23. The van der Waals surface area contributed by atoms with Crippen LogP contribution >= 0.6 is 11.6 Å². The van der Waals surface area contributed by atoms with Gasteiger partial charge in [-0.15, -0.1) is 0 Å². The number of hydrogen-bond donors (Lipinski definition) is 1. The fourth-order valence-corrected chi connectivity index (χ4v) is 5.90. The van der Waals surface area contributed by atoms with E-state index >= 15 is 0 Å². The van der Waals surface area contributed by atoms with E-state index in [9.17, 15) is 39.6 Å². The second-order valence-electron chi connectivity index (χ2n) is 9.35. The van der Waals surface area contributed by atoms with Gasteiger partial charge in [-0.3, -0.25) is 4.79 Å². The third-order valence-corrected chi connectivity index (χ3v) is 7.93. The van der Waals surface area contributed by atoms with Crippen LogP contribution in [0.15, 0.2) is 30.7 Å². The SMILES string of the molecule is Cc1cc2nc(C(=O)NC3(CC(F)(F)F)CCS(=O)(=O)CC3)cn2cc1Oc1ncc(Cl)cc1OCC(F)(F)F. The number of ether oxygens (including phenoxy) is 2. The molecule has 1 aliphatic rings. The van der Waals surface area contributed by atoms with Crippen molar-refractivity contribution in [3.8, 4) is 17.4 Å². The first-order chi connectivity index (χ1) is 18.4. The van der Waals surface area contributed by atoms with Crippen LogP contribution in [0.3, 0.4) is 0 Å². The quantitative estimate of drug-likeness (QED) is 0.371. The van der Waals surface area contributed by atoms with Crippen molar-refractivity contribution in [1.82, 2.24) is 19.7 Å². The summed E-state index contributed by atoms with van der Waals surface area (Å²) in [6.07, 6.45) is -7.81. The van der Waals surface area contributed by atoms with Crippen LogP contribution in [0.25, 0.3) is 5.65 Å². The zero-order valence-electron chi connectivity index (χ0n) is 20.6. The molecule has 3 aromatic rings. The summed E-state index contributed by atoms with van der Waals surface area (Å²) in [7, 11) is -3.51. The molecule has 1 saturated heterocycles. The van der Waals surface area contributed by atoms with Crippen molar-refractivity contribution in [2.24, 2.45) is 0 Å². The Labute approximate surface area is 228 Å². The number of amides is 1. The number of carbonyl (C=O) groups excluding carboxylic acids is 1. The Morgan fingerprint density at radius 2 is 1.77 bits per heavy atom. The number of aryl methyl sites for hydroxylation is 1. The monoisotopic (exact) mass is 614 g/mol. The predicted octanol–water partition coefficient (Wildman–Crippen LogP) is 5.05. The first-order valence-electron chi connectivity index (χ1n) is 11.5. The van der Waals surface area contributed by atoms with Crippen molar-refractivity contribution in [2.45, 2.75) is 44.1 Å². The van der Waals surface area contributed by atoms with Crippen LogP contribution in [0.5, 0.6) is 17.4 Å². The molecule has 0 atom stereocenters. The maximum atomic E-state index is 13.3. The second-order valence-corrected chi connectivity index (χ2v) is 12.1. The maximum Gasteiger partial charge on any atom is 0.422 e. The summed E-state index contributed by atoms with van der Waals surface area (Å²) >= 11 is 5.82. The minimum absolute atomic E-state index is 0.000761. The minimum atomic E-state index is -4.66. The molecule has 1 N–H and O–H groups in total. The number of rotatable bonds is 7. The van der Waals surface area contributed by atoms with Crippen molar-refractivity contribution in [3.63, 3.8) is 0 Å². The van der Waals surface area contributed by atoms with E-state index in [4.69, 9.17) is 21.1 Å². The molecule has 1 aliphatic heterocycles. The van der Waals surface area contributed by atoms with Gasteiger partial charge in [0.2, 0.25) is 0 Å². The van der Waals surface area contributed by atoms with Crippen LogP contribution in [0.1, 0.15) is 35.3 Å². The van der Waals surface area contributed by atoms with Crippen LogP contribution in [0, 0.1) is 6.92 Å². The summed E-state index contributed by atoms with van der Waals surface area (Å²) in [6.45, 7) is -0.0398. The molecule has 0 bridgehead atoms. The molecule has 1 fully saturated rings. The van der Waals surface area contributed by atoms with Gasteiger partial charge in [0, 0.05) is 18.5 Å². The summed E-state index contributed by atoms with van der Waals surface area (Å²) in [5.74, 6) is -2.54. The number of hydrogen-bond acceptors (Lipinski definition) is 7. The molecule has 17 heteroatoms. The fourth-order valence-electron chi connectivity index (χ4n) is 4.14. The Hall–Kier alpha value is -3.27. The number of carbonyl (C=O) groups is 1. The Bertz CT molecular complexity index is 1530. The molecule has 40 heavy (non-hydrogen) atoms. The number of halogens is 7. The summed E-state index contributed by atoms with van der Waals surface area (Å²) in [4.78, 5) is 21.0. The predicted molar refractivity (Wildman–Crippen MR) is 130 cm³/mol. The molecule has 0 aliphatic carbocycles. The number of nitrogens with one attached hydrogen (secondary N) is 1. The maximum absolute atomic E-state index is 13.3. The molecular formula is C23H21ClF6N4O5S. The zero-order chi connectivity index (χ0) is 29.5. The van der Waals surface area contributed by atoms with Gasteiger partial charge >= 0.3 is 12.4 Å². The van der Waals surface area contributed by atoms with Crippen LogP contribution in [0.2, 0.25) is 5.02 Å². The molecule has 1 amide bonds. The van der Waals surface area contributed by atoms with E-state index in [-0.39, 0.29) is 33.7 Å². The van der Waals surface area contributed by atoms with Gasteiger partial charge in [-0.2, -0.15) is 26.3 Å². The first-order valence-corrected chi connectivity index (χ1v) is 13.7. The first kappa shape index (κ1) is 29.7. The van der Waals surface area contributed by atoms with Gasteiger partial charge in [0.25, 0.3) is 11.8 Å². The van der Waals surface area contributed by atoms with E-state index in [1.807, 2.05) is 0 Å². The van der Waals surface area contributed by atoms with Crippen LogP contribution < -0.4 is 14.8 Å². The smallest absolute Gasteiger partial charge is 0.422 e. The molecule has 4 rings (SSSR count). The number of imidazole rings is 1. The Balaban J connectivity index is 1.58. The third-order valence-electron chi connectivity index (χ3n) is 6.07. The van der Waals surface area contributed by atoms with E-state index in [0.717, 1.165) is 12.3 Å². The summed E-state index contributed by atoms with van der Waals surface area (Å²) < 4.78 is 113. The standard InChI is InChI=1S/C23H21ClF6N4O5S/c1-13-6-18-32-15(19(35)33-21(11-22(25,26)27)2-4-40(36,37)5-3-21)9-34(18)10-17(13)39-20-16(7-14(24)8-31-20)38-12-23(28,29)30/h6-10H,2-5,11-12H2,1H3,(H,33,35). The Morgan fingerprint density at radius 1 is 1.10 bits per heavy atom. The highest BCUT2D eigenvalue weighted by Crippen LogP contribution is 2.36. The normalized spacial score (nSPS) is 17.0. The van der Waals surface area contributed by atoms with Gasteiger partial charge in [-0.05, 0) is 31.4 Å². The van der Waals surface area contributed by atoms with E-state index in [1.165, 1.54) is 22.9 Å². The number of fused-ring (bicyclic) bond motifs is 1. The van der Waals surface area contributed by atoms with Gasteiger partial charge in [0.1, 0.15) is 26.9 Å². The second kappa shape index (κ2) is 10.6. The third kappa shape index (κ3) is 7.47. The molecule has 0 unspecified atom stereocenters. The van der Waals surface area contributed by atoms with E-state index < -0.39 is 71.0 Å².